The van der Waals surface area contributed by atoms with Gasteiger partial charge in [0.25, 0.3) is 0 Å². The minimum absolute atomic E-state index is 0.0183. The van der Waals surface area contributed by atoms with Crippen LogP contribution in [0, 0.1) is 11.8 Å². The van der Waals surface area contributed by atoms with Gasteiger partial charge >= 0.3 is 6.18 Å². The van der Waals surface area contributed by atoms with Crippen LogP contribution in [-0.4, -0.2) is 45.4 Å². The number of aliphatic hydroxyl groups is 1. The molecule has 1 fully saturated rings. The number of hydrogen-bond acceptors (Lipinski definition) is 3. The van der Waals surface area contributed by atoms with Crippen LogP contribution in [0.4, 0.5) is 13.2 Å². The molecule has 2 atom stereocenters. The van der Waals surface area contributed by atoms with Crippen molar-refractivity contribution < 1.29 is 23.1 Å². The molecule has 0 aromatic carbocycles. The van der Waals surface area contributed by atoms with Crippen molar-refractivity contribution in [3.05, 3.63) is 17.5 Å². The summed E-state index contributed by atoms with van der Waals surface area (Å²) in [4.78, 5) is 14.1. The molecule has 1 amide bonds. The molecular weight excluding hydrogens is 323 g/mol. The molecule has 0 radical (unpaired) electrons. The van der Waals surface area contributed by atoms with Crippen LogP contribution in [-0.2, 0) is 23.9 Å². The van der Waals surface area contributed by atoms with Gasteiger partial charge in [-0.3, -0.25) is 9.48 Å². The lowest BCUT2D eigenvalue weighted by atomic mass is 9.92. The van der Waals surface area contributed by atoms with Gasteiger partial charge in [-0.25, -0.2) is 0 Å². The van der Waals surface area contributed by atoms with Crippen molar-refractivity contribution in [2.45, 2.75) is 45.8 Å². The molecule has 1 N–H and O–H groups in total. The number of aryl methyl sites for hydroxylation is 1. The number of rotatable bonds is 5. The molecule has 1 saturated heterocycles. The van der Waals surface area contributed by atoms with Crippen LogP contribution in [0.2, 0.25) is 0 Å². The summed E-state index contributed by atoms with van der Waals surface area (Å²) in [7, 11) is 0. The van der Waals surface area contributed by atoms with Crippen molar-refractivity contribution in [1.82, 2.24) is 14.7 Å². The first-order valence-electron chi connectivity index (χ1n) is 8.22. The zero-order chi connectivity index (χ0) is 17.9. The van der Waals surface area contributed by atoms with Crippen molar-refractivity contribution in [2.75, 3.05) is 19.7 Å². The van der Waals surface area contributed by atoms with Gasteiger partial charge in [-0.2, -0.15) is 18.3 Å². The van der Waals surface area contributed by atoms with E-state index in [1.54, 1.807) is 4.90 Å². The summed E-state index contributed by atoms with van der Waals surface area (Å²) in [6.07, 6.45) is -1.93. The normalized spacial score (nSPS) is 22.0. The number of carbonyl (C=O) groups is 1. The third kappa shape index (κ3) is 4.72. The van der Waals surface area contributed by atoms with Crippen molar-refractivity contribution in [3.63, 3.8) is 0 Å². The predicted octanol–water partition coefficient (Wildman–Crippen LogP) is 2.33. The van der Waals surface area contributed by atoms with E-state index in [2.05, 4.69) is 18.9 Å². The summed E-state index contributed by atoms with van der Waals surface area (Å²) in [6.45, 7) is 5.02. The van der Waals surface area contributed by atoms with E-state index in [9.17, 15) is 18.0 Å². The molecule has 1 aromatic heterocycles. The number of aliphatic hydroxyl groups excluding tert-OH is 1. The van der Waals surface area contributed by atoms with Crippen LogP contribution in [0.1, 0.15) is 37.9 Å². The number of carbonyl (C=O) groups excluding carboxylic acids is 1. The second kappa shape index (κ2) is 7.55. The molecule has 0 unspecified atom stereocenters. The summed E-state index contributed by atoms with van der Waals surface area (Å²) < 4.78 is 40.2. The fraction of sp³-hybridized carbons (Fsp3) is 0.750. The zero-order valence-electron chi connectivity index (χ0n) is 14.0. The van der Waals surface area contributed by atoms with Crippen LogP contribution in [0.5, 0.6) is 0 Å². The lowest BCUT2D eigenvalue weighted by Crippen LogP contribution is -2.44. The molecule has 24 heavy (non-hydrogen) atoms. The van der Waals surface area contributed by atoms with Gasteiger partial charge in [-0.15, -0.1) is 0 Å². The predicted molar refractivity (Wildman–Crippen MR) is 82.2 cm³/mol. The average Bonchev–Trinajstić information content (AvgIpc) is 2.87. The monoisotopic (exact) mass is 347 g/mol. The number of amides is 1. The Morgan fingerprint density at radius 1 is 1.33 bits per heavy atom. The lowest BCUT2D eigenvalue weighted by molar-refractivity contribution is -0.143. The van der Waals surface area contributed by atoms with E-state index in [0.29, 0.717) is 24.9 Å². The van der Waals surface area contributed by atoms with Gasteiger partial charge in [0.05, 0.1) is 0 Å². The number of halogens is 3. The third-order valence-corrected chi connectivity index (χ3v) is 4.23. The molecule has 0 saturated carbocycles. The molecule has 0 bridgehead atoms. The molecule has 2 rings (SSSR count). The Kier molecular flexibility index (Phi) is 5.90. The van der Waals surface area contributed by atoms with E-state index in [-0.39, 0.29) is 37.5 Å². The maximum Gasteiger partial charge on any atom is 0.435 e. The first-order chi connectivity index (χ1) is 11.2. The molecule has 1 aromatic rings. The number of alkyl halides is 3. The highest BCUT2D eigenvalue weighted by Gasteiger charge is 2.37. The Morgan fingerprint density at radius 3 is 2.50 bits per heavy atom. The highest BCUT2D eigenvalue weighted by atomic mass is 19.4. The summed E-state index contributed by atoms with van der Waals surface area (Å²) in [5.74, 6) is 0.570. The zero-order valence-corrected chi connectivity index (χ0v) is 14.0. The standard InChI is InChI=1S/C16H24F3N3O2/c1-11-6-12(2)8-21(7-11)14(24)10-22-9-13(4-3-5-23)15(20-22)16(17,18)19/h9,11-12,23H,3-8,10H2,1-2H3/t11-,12+. The van der Waals surface area contributed by atoms with E-state index >= 15 is 0 Å². The molecular formula is C16H24F3N3O2. The minimum Gasteiger partial charge on any atom is -0.396 e. The van der Waals surface area contributed by atoms with Crippen LogP contribution in [0.3, 0.4) is 0 Å². The smallest absolute Gasteiger partial charge is 0.396 e. The van der Waals surface area contributed by atoms with Crippen LogP contribution in [0.25, 0.3) is 0 Å². The topological polar surface area (TPSA) is 58.4 Å². The number of aromatic nitrogens is 2. The van der Waals surface area contributed by atoms with Gasteiger partial charge in [0.15, 0.2) is 5.69 Å². The Labute approximate surface area is 139 Å². The number of nitrogens with zero attached hydrogens (tertiary/aromatic N) is 3. The fourth-order valence-corrected chi connectivity index (χ4v) is 3.34. The molecule has 136 valence electrons. The van der Waals surface area contributed by atoms with Gasteiger partial charge in [0.2, 0.25) is 5.91 Å². The van der Waals surface area contributed by atoms with Gasteiger partial charge in [0.1, 0.15) is 6.54 Å². The van der Waals surface area contributed by atoms with Crippen molar-refractivity contribution in [3.8, 4) is 0 Å². The second-order valence-electron chi connectivity index (χ2n) is 6.77. The molecule has 5 nitrogen and oxygen atoms in total. The number of hydrogen-bond donors (Lipinski definition) is 1. The molecule has 0 aliphatic carbocycles. The highest BCUT2D eigenvalue weighted by molar-refractivity contribution is 5.76. The Bertz CT molecular complexity index is 561. The number of likely N-dealkylation sites (tertiary alicyclic amines) is 1. The summed E-state index contributed by atoms with van der Waals surface area (Å²) in [5, 5.41) is 12.4. The molecule has 8 heteroatoms. The quantitative estimate of drug-likeness (QED) is 0.889. The first kappa shape index (κ1) is 18.8. The van der Waals surface area contributed by atoms with Gasteiger partial charge in [0, 0.05) is 31.5 Å². The van der Waals surface area contributed by atoms with E-state index in [0.717, 1.165) is 11.1 Å². The maximum atomic E-state index is 13.0. The molecule has 0 spiro atoms. The highest BCUT2D eigenvalue weighted by Crippen LogP contribution is 2.31. The Morgan fingerprint density at radius 2 is 1.96 bits per heavy atom. The lowest BCUT2D eigenvalue weighted by Gasteiger charge is -2.35. The van der Waals surface area contributed by atoms with E-state index in [1.165, 1.54) is 6.20 Å². The second-order valence-corrected chi connectivity index (χ2v) is 6.77. The van der Waals surface area contributed by atoms with Crippen molar-refractivity contribution >= 4 is 5.91 Å². The van der Waals surface area contributed by atoms with Crippen molar-refractivity contribution in [1.29, 1.82) is 0 Å². The fourth-order valence-electron chi connectivity index (χ4n) is 3.34. The summed E-state index contributed by atoms with van der Waals surface area (Å²) >= 11 is 0. The molecule has 1 aliphatic heterocycles. The largest absolute Gasteiger partial charge is 0.435 e. The SMILES string of the molecule is C[C@@H]1C[C@H](C)CN(C(=O)Cn2cc(CCCO)c(C(F)(F)F)n2)C1. The average molecular weight is 347 g/mol. The van der Waals surface area contributed by atoms with Crippen molar-refractivity contribution in [2.24, 2.45) is 11.8 Å². The molecule has 1 aliphatic rings. The summed E-state index contributed by atoms with van der Waals surface area (Å²) in [6, 6.07) is 0. The Balaban J connectivity index is 2.11. The Hall–Kier alpha value is -1.57. The minimum atomic E-state index is -4.56. The molecule has 2 heterocycles. The van der Waals surface area contributed by atoms with Gasteiger partial charge < -0.3 is 10.0 Å². The van der Waals surface area contributed by atoms with E-state index < -0.39 is 11.9 Å². The van der Waals surface area contributed by atoms with Gasteiger partial charge in [-0.05, 0) is 31.1 Å². The van der Waals surface area contributed by atoms with E-state index in [4.69, 9.17) is 5.11 Å². The van der Waals surface area contributed by atoms with Crippen LogP contribution >= 0.6 is 0 Å². The van der Waals surface area contributed by atoms with Gasteiger partial charge in [-0.1, -0.05) is 13.8 Å². The van der Waals surface area contributed by atoms with E-state index in [1.807, 2.05) is 0 Å². The first-order valence-corrected chi connectivity index (χ1v) is 8.22. The number of piperidine rings is 1. The maximum absolute atomic E-state index is 13.0. The van der Waals surface area contributed by atoms with Crippen LogP contribution in [0.15, 0.2) is 6.20 Å². The summed E-state index contributed by atoms with van der Waals surface area (Å²) in [5.41, 5.74) is -0.950. The third-order valence-electron chi connectivity index (χ3n) is 4.23. The van der Waals surface area contributed by atoms with Crippen LogP contribution < -0.4 is 0 Å².